The Morgan fingerprint density at radius 2 is 0.622 bits per heavy atom. The van der Waals surface area contributed by atoms with Crippen molar-refractivity contribution in [2.75, 3.05) is 0 Å². The monoisotopic (exact) mass is 604 g/mol. The summed E-state index contributed by atoms with van der Waals surface area (Å²) < 4.78 is 0. The fourth-order valence-corrected chi connectivity index (χ4v) is 3.76. The number of benzene rings is 3. The number of aromatic carboxylic acids is 3. The van der Waals surface area contributed by atoms with E-state index < -0.39 is 17.9 Å². The Morgan fingerprint density at radius 3 is 0.784 bits per heavy atom. The molecule has 192 valence electrons. The van der Waals surface area contributed by atoms with Crippen molar-refractivity contribution in [2.24, 2.45) is 0 Å². The molecule has 0 amide bonds. The SMILES string of the molecule is Cc1cc(C)c(C)c(C(=O)[O-])c1.Cc1cc(C)c(C)c(C(=O)[O-])c1.Cc1cc(C)c(C)c(C(=O)[O-])c1.[In+3]. The second-order valence-corrected chi connectivity index (χ2v) is 9.13. The maximum Gasteiger partial charge on any atom is 3.00 e. The summed E-state index contributed by atoms with van der Waals surface area (Å²) in [4.78, 5) is 31.8. The second kappa shape index (κ2) is 14.6. The van der Waals surface area contributed by atoms with E-state index in [1.807, 2.05) is 59.7 Å². The normalized spacial score (nSPS) is 9.65. The minimum absolute atomic E-state index is 0. The van der Waals surface area contributed by atoms with Crippen molar-refractivity contribution in [3.63, 3.8) is 0 Å². The quantitative estimate of drug-likeness (QED) is 0.454. The molecule has 0 radical (unpaired) electrons. The van der Waals surface area contributed by atoms with Gasteiger partial charge in [-0.2, -0.15) is 0 Å². The molecule has 7 heteroatoms. The molecule has 0 bridgehead atoms. The van der Waals surface area contributed by atoms with Gasteiger partial charge in [0.05, 0.1) is 17.9 Å². The van der Waals surface area contributed by atoms with Gasteiger partial charge in [0.1, 0.15) is 0 Å². The zero-order chi connectivity index (χ0) is 27.9. The van der Waals surface area contributed by atoms with Gasteiger partial charge >= 0.3 is 25.8 Å². The van der Waals surface area contributed by atoms with Crippen LogP contribution in [0.1, 0.15) is 81.1 Å². The summed E-state index contributed by atoms with van der Waals surface area (Å²) >= 11 is 0. The number of carboxylic acid groups (broad SMARTS) is 3. The van der Waals surface area contributed by atoms with Gasteiger partial charge in [-0.1, -0.05) is 34.9 Å². The Labute approximate surface area is 238 Å². The summed E-state index contributed by atoms with van der Waals surface area (Å²) in [5.41, 5.74) is 9.12. The molecule has 3 aromatic rings. The van der Waals surface area contributed by atoms with Crippen LogP contribution >= 0.6 is 0 Å². The van der Waals surface area contributed by atoms with E-state index in [1.54, 1.807) is 39.0 Å². The van der Waals surface area contributed by atoms with Crippen molar-refractivity contribution < 1.29 is 29.7 Å². The minimum atomic E-state index is -1.10. The van der Waals surface area contributed by atoms with Crippen molar-refractivity contribution in [1.29, 1.82) is 0 Å². The van der Waals surface area contributed by atoms with Gasteiger partial charge in [-0.05, 0) is 114 Å². The van der Waals surface area contributed by atoms with E-state index in [0.717, 1.165) is 50.1 Å². The van der Waals surface area contributed by atoms with Crippen LogP contribution in [0.15, 0.2) is 36.4 Å². The fourth-order valence-electron chi connectivity index (χ4n) is 3.76. The van der Waals surface area contributed by atoms with Gasteiger partial charge in [0, 0.05) is 16.7 Å². The third-order valence-electron chi connectivity index (χ3n) is 6.09. The van der Waals surface area contributed by atoms with Crippen molar-refractivity contribution in [2.45, 2.75) is 62.3 Å². The van der Waals surface area contributed by atoms with Crippen LogP contribution in [0.3, 0.4) is 0 Å². The summed E-state index contributed by atoms with van der Waals surface area (Å²) in [6, 6.07) is 10.8. The first-order valence-corrected chi connectivity index (χ1v) is 11.4. The van der Waals surface area contributed by atoms with Gasteiger partial charge in [0.2, 0.25) is 0 Å². The van der Waals surface area contributed by atoms with E-state index in [9.17, 15) is 29.7 Å². The molecule has 0 aliphatic carbocycles. The zero-order valence-corrected chi connectivity index (χ0v) is 26.3. The first kappa shape index (κ1) is 33.9. The van der Waals surface area contributed by atoms with Crippen LogP contribution in [-0.2, 0) is 0 Å². The summed E-state index contributed by atoms with van der Waals surface area (Å²) in [6.45, 7) is 16.7. The molecule has 0 heterocycles. The van der Waals surface area contributed by atoms with Gasteiger partial charge in [-0.3, -0.25) is 0 Å². The molecular formula is C30H33InO6. The molecule has 0 N–H and O–H groups in total. The van der Waals surface area contributed by atoms with Crippen LogP contribution in [0, 0.1) is 62.3 Å². The van der Waals surface area contributed by atoms with E-state index in [1.165, 1.54) is 0 Å². The number of carboxylic acids is 3. The largest absolute Gasteiger partial charge is 3.00 e. The Balaban J connectivity index is 0.000000518. The van der Waals surface area contributed by atoms with Crippen LogP contribution in [0.25, 0.3) is 0 Å². The predicted octanol–water partition coefficient (Wildman–Crippen LogP) is 2.55. The van der Waals surface area contributed by atoms with Gasteiger partial charge in [0.25, 0.3) is 0 Å². The zero-order valence-electron chi connectivity index (χ0n) is 23.0. The molecule has 0 unspecified atom stereocenters. The van der Waals surface area contributed by atoms with E-state index in [0.29, 0.717) is 16.7 Å². The number of hydrogen-bond donors (Lipinski definition) is 0. The Morgan fingerprint density at radius 1 is 0.432 bits per heavy atom. The van der Waals surface area contributed by atoms with Crippen LogP contribution in [0.2, 0.25) is 0 Å². The molecule has 3 rings (SSSR count). The van der Waals surface area contributed by atoms with Crippen LogP contribution in [0.4, 0.5) is 0 Å². The van der Waals surface area contributed by atoms with Crippen molar-refractivity contribution in [3.8, 4) is 0 Å². The number of carbonyl (C=O) groups excluding carboxylic acids is 3. The van der Waals surface area contributed by atoms with Crippen molar-refractivity contribution >= 4 is 43.8 Å². The van der Waals surface area contributed by atoms with Gasteiger partial charge < -0.3 is 29.7 Å². The summed E-state index contributed by atoms with van der Waals surface area (Å²) in [6.07, 6.45) is 0. The molecule has 0 fully saturated rings. The van der Waals surface area contributed by atoms with E-state index in [-0.39, 0.29) is 25.8 Å². The topological polar surface area (TPSA) is 120 Å². The Kier molecular flexibility index (Phi) is 13.4. The molecule has 0 atom stereocenters. The number of aryl methyl sites for hydroxylation is 6. The predicted molar refractivity (Wildman–Crippen MR) is 141 cm³/mol. The Hall–Kier alpha value is -3.06. The van der Waals surface area contributed by atoms with E-state index in [4.69, 9.17) is 0 Å². The van der Waals surface area contributed by atoms with Crippen LogP contribution in [0.5, 0.6) is 0 Å². The number of hydrogen-bond acceptors (Lipinski definition) is 6. The van der Waals surface area contributed by atoms with Gasteiger partial charge in [-0.25, -0.2) is 0 Å². The first-order chi connectivity index (χ1) is 16.6. The number of rotatable bonds is 3. The van der Waals surface area contributed by atoms with Crippen molar-refractivity contribution in [3.05, 3.63) is 103 Å². The average Bonchev–Trinajstić information content (AvgIpc) is 2.76. The van der Waals surface area contributed by atoms with Gasteiger partial charge in [-0.15, -0.1) is 0 Å². The molecule has 0 spiro atoms. The summed E-state index contributed by atoms with van der Waals surface area (Å²) in [7, 11) is 0. The maximum atomic E-state index is 10.6. The van der Waals surface area contributed by atoms with Crippen LogP contribution in [-0.4, -0.2) is 43.8 Å². The molecule has 6 nitrogen and oxygen atoms in total. The summed E-state index contributed by atoms with van der Waals surface area (Å²) in [5.74, 6) is -3.29. The second-order valence-electron chi connectivity index (χ2n) is 9.13. The molecule has 0 saturated carbocycles. The molecule has 0 aromatic heterocycles. The molecular weight excluding hydrogens is 571 g/mol. The first-order valence-electron chi connectivity index (χ1n) is 11.4. The van der Waals surface area contributed by atoms with Crippen LogP contribution < -0.4 is 15.3 Å². The third kappa shape index (κ3) is 9.73. The molecule has 0 aliphatic heterocycles. The molecule has 0 saturated heterocycles. The maximum absolute atomic E-state index is 10.6. The van der Waals surface area contributed by atoms with Crippen molar-refractivity contribution in [1.82, 2.24) is 0 Å². The Bertz CT molecular complexity index is 1150. The van der Waals surface area contributed by atoms with E-state index in [2.05, 4.69) is 0 Å². The minimum Gasteiger partial charge on any atom is -0.545 e. The fraction of sp³-hybridized carbons (Fsp3) is 0.300. The smallest absolute Gasteiger partial charge is 0.545 e. The van der Waals surface area contributed by atoms with Gasteiger partial charge in [0.15, 0.2) is 0 Å². The standard InChI is InChI=1S/3C10H12O2.In/c3*1-6-4-7(2)8(3)9(5-6)10(11)12;/h3*4-5H,1-3H3,(H,11,12);/q;;;+3/p-3. The number of carbonyl (C=O) groups is 3. The molecule has 37 heavy (non-hydrogen) atoms. The summed E-state index contributed by atoms with van der Waals surface area (Å²) in [5, 5.41) is 31.8. The van der Waals surface area contributed by atoms with E-state index >= 15 is 0 Å². The average molecular weight is 604 g/mol. The molecule has 0 aliphatic rings. The third-order valence-corrected chi connectivity index (χ3v) is 6.09. The molecule has 3 aromatic carbocycles.